The lowest BCUT2D eigenvalue weighted by Gasteiger charge is -2.08. The molecule has 3 aromatic rings. The van der Waals surface area contributed by atoms with E-state index in [9.17, 15) is 13.6 Å². The number of aryl methyl sites for hydroxylation is 2. The molecule has 0 saturated heterocycles. The molecule has 0 aliphatic carbocycles. The van der Waals surface area contributed by atoms with Crippen LogP contribution in [-0.2, 0) is 30.7 Å². The number of hydrogen-bond donors (Lipinski definition) is 1. The molecule has 3 heterocycles. The lowest BCUT2D eigenvalue weighted by atomic mass is 10.2. The van der Waals surface area contributed by atoms with Crippen LogP contribution in [0.2, 0.25) is 0 Å². The van der Waals surface area contributed by atoms with Gasteiger partial charge in [0.25, 0.3) is 0 Å². The van der Waals surface area contributed by atoms with Crippen LogP contribution >= 0.6 is 0 Å². The Labute approximate surface area is 166 Å². The molecular formula is C20H21F2N5O2. The number of amides is 1. The molecule has 0 radical (unpaired) electrons. The van der Waals surface area contributed by atoms with Crippen LogP contribution in [0, 0.1) is 11.6 Å². The summed E-state index contributed by atoms with van der Waals surface area (Å²) in [6.07, 6.45) is 6.11. The van der Waals surface area contributed by atoms with Crippen molar-refractivity contribution in [3.05, 3.63) is 53.6 Å². The lowest BCUT2D eigenvalue weighted by molar-refractivity contribution is -0.121. The molecule has 152 valence electrons. The molecule has 9 heteroatoms. The highest BCUT2D eigenvalue weighted by Crippen LogP contribution is 2.24. The molecule has 1 aliphatic rings. The summed E-state index contributed by atoms with van der Waals surface area (Å²) < 4.78 is 34.4. The average molecular weight is 401 g/mol. The van der Waals surface area contributed by atoms with E-state index < -0.39 is 11.6 Å². The van der Waals surface area contributed by atoms with Crippen LogP contribution in [-0.4, -0.2) is 25.7 Å². The molecular weight excluding hydrogens is 380 g/mol. The second kappa shape index (κ2) is 8.50. The molecule has 2 aromatic heterocycles. The number of nitrogens with one attached hydrogen (secondary N) is 1. The van der Waals surface area contributed by atoms with Crippen molar-refractivity contribution in [2.75, 3.05) is 0 Å². The Bertz CT molecular complexity index is 1010. The number of nitrogens with zero attached hydrogens (tertiary/aromatic N) is 4. The predicted molar refractivity (Wildman–Crippen MR) is 99.6 cm³/mol. The fourth-order valence-corrected chi connectivity index (χ4v) is 3.40. The first-order chi connectivity index (χ1) is 14.1. The molecule has 0 atom stereocenters. The van der Waals surface area contributed by atoms with E-state index in [4.69, 9.17) is 4.42 Å². The number of halogens is 2. The Morgan fingerprint density at radius 1 is 1.21 bits per heavy atom. The van der Waals surface area contributed by atoms with Crippen LogP contribution in [0.4, 0.5) is 8.78 Å². The molecule has 0 unspecified atom stereocenters. The zero-order valence-electron chi connectivity index (χ0n) is 15.8. The second-order valence-electron chi connectivity index (χ2n) is 7.01. The van der Waals surface area contributed by atoms with Crippen LogP contribution in [0.15, 0.2) is 28.8 Å². The maximum absolute atomic E-state index is 13.8. The van der Waals surface area contributed by atoms with Crippen molar-refractivity contribution in [1.82, 2.24) is 25.1 Å². The molecule has 1 aliphatic heterocycles. The number of benzene rings is 1. The fourth-order valence-electron chi connectivity index (χ4n) is 3.40. The van der Waals surface area contributed by atoms with Crippen molar-refractivity contribution >= 4 is 5.91 Å². The SMILES string of the molecule is O=C(CCc1ncc(-c2ccc(F)cc2F)o1)NCc1nnc2n1CCCCC2. The van der Waals surface area contributed by atoms with Gasteiger partial charge < -0.3 is 14.3 Å². The summed E-state index contributed by atoms with van der Waals surface area (Å²) in [5.74, 6) is 0.709. The number of rotatable bonds is 6. The first-order valence-corrected chi connectivity index (χ1v) is 9.68. The van der Waals surface area contributed by atoms with Crippen molar-refractivity contribution < 1.29 is 18.0 Å². The van der Waals surface area contributed by atoms with Gasteiger partial charge in [0.1, 0.15) is 17.5 Å². The second-order valence-corrected chi connectivity index (χ2v) is 7.01. The number of oxazole rings is 1. The molecule has 0 spiro atoms. The average Bonchev–Trinajstić information content (AvgIpc) is 3.25. The molecule has 7 nitrogen and oxygen atoms in total. The third-order valence-electron chi connectivity index (χ3n) is 4.95. The van der Waals surface area contributed by atoms with E-state index in [1.165, 1.54) is 18.7 Å². The van der Waals surface area contributed by atoms with Gasteiger partial charge in [0.05, 0.1) is 18.3 Å². The summed E-state index contributed by atoms with van der Waals surface area (Å²) in [5, 5.41) is 11.2. The van der Waals surface area contributed by atoms with E-state index in [1.807, 2.05) is 0 Å². The third kappa shape index (κ3) is 4.49. The maximum Gasteiger partial charge on any atom is 0.220 e. The molecule has 4 rings (SSSR count). The topological polar surface area (TPSA) is 85.8 Å². The highest BCUT2D eigenvalue weighted by Gasteiger charge is 2.16. The van der Waals surface area contributed by atoms with E-state index >= 15 is 0 Å². The van der Waals surface area contributed by atoms with Crippen molar-refractivity contribution in [2.45, 2.75) is 51.6 Å². The lowest BCUT2D eigenvalue weighted by Crippen LogP contribution is -2.25. The highest BCUT2D eigenvalue weighted by molar-refractivity contribution is 5.75. The Morgan fingerprint density at radius 2 is 2.10 bits per heavy atom. The Kier molecular flexibility index (Phi) is 5.64. The van der Waals surface area contributed by atoms with E-state index in [2.05, 4.69) is 25.1 Å². The van der Waals surface area contributed by atoms with Gasteiger partial charge in [-0.25, -0.2) is 13.8 Å². The summed E-state index contributed by atoms with van der Waals surface area (Å²) in [5.41, 5.74) is 0.127. The minimum Gasteiger partial charge on any atom is -0.441 e. The smallest absolute Gasteiger partial charge is 0.220 e. The van der Waals surface area contributed by atoms with Crippen LogP contribution in [0.5, 0.6) is 0 Å². The monoisotopic (exact) mass is 401 g/mol. The number of aromatic nitrogens is 4. The van der Waals surface area contributed by atoms with E-state index in [1.54, 1.807) is 0 Å². The number of fused-ring (bicyclic) bond motifs is 1. The highest BCUT2D eigenvalue weighted by atomic mass is 19.1. The third-order valence-corrected chi connectivity index (χ3v) is 4.95. The van der Waals surface area contributed by atoms with Gasteiger partial charge in [0.2, 0.25) is 5.91 Å². The number of hydrogen-bond acceptors (Lipinski definition) is 5. The van der Waals surface area contributed by atoms with Gasteiger partial charge in [-0.15, -0.1) is 10.2 Å². The van der Waals surface area contributed by atoms with Crippen molar-refractivity contribution in [2.24, 2.45) is 0 Å². The van der Waals surface area contributed by atoms with Crippen LogP contribution < -0.4 is 5.32 Å². The van der Waals surface area contributed by atoms with Gasteiger partial charge >= 0.3 is 0 Å². The van der Waals surface area contributed by atoms with Gasteiger partial charge in [0.15, 0.2) is 17.5 Å². The Morgan fingerprint density at radius 3 is 2.97 bits per heavy atom. The quantitative estimate of drug-likeness (QED) is 0.686. The van der Waals surface area contributed by atoms with Crippen LogP contribution in [0.1, 0.15) is 43.2 Å². The predicted octanol–water partition coefficient (Wildman–Crippen LogP) is 3.19. The normalized spacial score (nSPS) is 13.7. The Balaban J connectivity index is 1.30. The van der Waals surface area contributed by atoms with Crippen molar-refractivity contribution in [3.8, 4) is 11.3 Å². The molecule has 0 bridgehead atoms. The van der Waals surface area contributed by atoms with E-state index in [-0.39, 0.29) is 30.1 Å². The minimum atomic E-state index is -0.724. The first-order valence-electron chi connectivity index (χ1n) is 9.68. The summed E-state index contributed by atoms with van der Waals surface area (Å²) in [6, 6.07) is 3.23. The fraction of sp³-hybridized carbons (Fsp3) is 0.400. The summed E-state index contributed by atoms with van der Waals surface area (Å²) in [7, 11) is 0. The molecule has 29 heavy (non-hydrogen) atoms. The Hall–Kier alpha value is -3.10. The number of carbonyl (C=O) groups excluding carboxylic acids is 1. The first kappa shape index (κ1) is 19.2. The molecule has 0 saturated carbocycles. The van der Waals surface area contributed by atoms with Gasteiger partial charge in [-0.1, -0.05) is 6.42 Å². The van der Waals surface area contributed by atoms with Gasteiger partial charge in [-0.05, 0) is 25.0 Å². The van der Waals surface area contributed by atoms with Crippen molar-refractivity contribution in [3.63, 3.8) is 0 Å². The largest absolute Gasteiger partial charge is 0.441 e. The molecule has 0 fully saturated rings. The minimum absolute atomic E-state index is 0.127. The maximum atomic E-state index is 13.8. The zero-order chi connectivity index (χ0) is 20.2. The van der Waals surface area contributed by atoms with E-state index in [0.29, 0.717) is 12.4 Å². The van der Waals surface area contributed by atoms with Crippen LogP contribution in [0.25, 0.3) is 11.3 Å². The van der Waals surface area contributed by atoms with Crippen LogP contribution in [0.3, 0.4) is 0 Å². The van der Waals surface area contributed by atoms with Gasteiger partial charge in [0, 0.05) is 31.9 Å². The molecule has 1 aromatic carbocycles. The number of carbonyl (C=O) groups is 1. The zero-order valence-corrected chi connectivity index (χ0v) is 15.8. The summed E-state index contributed by atoms with van der Waals surface area (Å²) in [6.45, 7) is 1.20. The van der Waals surface area contributed by atoms with Gasteiger partial charge in [-0.2, -0.15) is 0 Å². The molecule has 1 amide bonds. The van der Waals surface area contributed by atoms with E-state index in [0.717, 1.165) is 49.6 Å². The summed E-state index contributed by atoms with van der Waals surface area (Å²) >= 11 is 0. The molecule has 1 N–H and O–H groups in total. The van der Waals surface area contributed by atoms with Gasteiger partial charge in [-0.3, -0.25) is 4.79 Å². The standard InChI is InChI=1S/C20H21F2N5O2/c21-13-5-6-14(15(22)10-13)16-11-24-20(29-16)8-7-19(28)23-12-18-26-25-17-4-2-1-3-9-27(17)18/h5-6,10-11H,1-4,7-9,12H2,(H,23,28). The van der Waals surface area contributed by atoms with Crippen molar-refractivity contribution in [1.29, 1.82) is 0 Å². The summed E-state index contributed by atoms with van der Waals surface area (Å²) in [4.78, 5) is 16.2.